The predicted octanol–water partition coefficient (Wildman–Crippen LogP) is -1.49. The lowest BCUT2D eigenvalue weighted by Crippen LogP contribution is -2.37. The molecule has 0 radical (unpaired) electrons. The monoisotopic (exact) mass is 178 g/mol. The minimum absolute atomic E-state index is 0.117. The highest BCUT2D eigenvalue weighted by Crippen LogP contribution is 2.15. The quantitative estimate of drug-likeness (QED) is 0.446. The summed E-state index contributed by atoms with van der Waals surface area (Å²) in [6.45, 7) is 0.0430. The Hall–Kier alpha value is -0.650. The maximum absolute atomic E-state index is 11.0. The lowest BCUT2D eigenvalue weighted by Gasteiger charge is -2.21. The summed E-state index contributed by atoms with van der Waals surface area (Å²) >= 11 is 0. The summed E-state index contributed by atoms with van der Waals surface area (Å²) in [5.74, 6) is -0.707. The predicted molar refractivity (Wildman–Crippen MR) is 40.3 cm³/mol. The molecule has 0 aromatic carbocycles. The van der Waals surface area contributed by atoms with Crippen LogP contribution in [0.15, 0.2) is 0 Å². The molecule has 72 valence electrons. The molecule has 0 spiro atoms. The second-order valence-electron chi connectivity index (χ2n) is 2.74. The second-order valence-corrected chi connectivity index (χ2v) is 2.74. The van der Waals surface area contributed by atoms with E-state index in [4.69, 9.17) is 15.3 Å². The third-order valence-corrected chi connectivity index (χ3v) is 1.52. The van der Waals surface area contributed by atoms with Gasteiger partial charge in [0.25, 0.3) is 0 Å². The smallest absolute Gasteiger partial charge is 0.316 e. The van der Waals surface area contributed by atoms with E-state index in [1.54, 1.807) is 0 Å². The van der Waals surface area contributed by atoms with Crippen LogP contribution in [0.4, 0.5) is 0 Å². The molecule has 0 heterocycles. The van der Waals surface area contributed by atoms with Crippen molar-refractivity contribution >= 4 is 5.97 Å². The number of rotatable bonds is 5. The van der Waals surface area contributed by atoms with Gasteiger partial charge < -0.3 is 20.1 Å². The van der Waals surface area contributed by atoms with Crippen LogP contribution < -0.4 is 0 Å². The van der Waals surface area contributed by atoms with E-state index in [1.165, 1.54) is 6.92 Å². The Morgan fingerprint density at radius 3 is 2.17 bits per heavy atom. The maximum atomic E-state index is 11.0. The summed E-state index contributed by atoms with van der Waals surface area (Å²) in [6.07, 6.45) is 0. The van der Waals surface area contributed by atoms with Gasteiger partial charge in [-0.3, -0.25) is 4.79 Å². The largest absolute Gasteiger partial charge is 0.463 e. The Bertz CT molecular complexity index is 141. The highest BCUT2D eigenvalue weighted by atomic mass is 16.5. The molecule has 5 nitrogen and oxygen atoms in total. The molecular formula is C7H14O5. The second kappa shape index (κ2) is 5.08. The van der Waals surface area contributed by atoms with Crippen LogP contribution in [0.5, 0.6) is 0 Å². The molecule has 0 saturated heterocycles. The van der Waals surface area contributed by atoms with Crippen molar-refractivity contribution in [3.63, 3.8) is 0 Å². The third kappa shape index (κ3) is 2.77. The van der Waals surface area contributed by atoms with Gasteiger partial charge in [0.15, 0.2) is 0 Å². The highest BCUT2D eigenvalue weighted by Gasteiger charge is 2.33. The van der Waals surface area contributed by atoms with Gasteiger partial charge in [0.1, 0.15) is 12.0 Å². The van der Waals surface area contributed by atoms with E-state index in [0.29, 0.717) is 0 Å². The first-order chi connectivity index (χ1) is 5.60. The Morgan fingerprint density at radius 1 is 1.33 bits per heavy atom. The third-order valence-electron chi connectivity index (χ3n) is 1.52. The molecule has 0 aromatic heterocycles. The van der Waals surface area contributed by atoms with Crippen LogP contribution in [0.25, 0.3) is 0 Å². The molecule has 12 heavy (non-hydrogen) atoms. The van der Waals surface area contributed by atoms with Gasteiger partial charge in [0.2, 0.25) is 0 Å². The topological polar surface area (TPSA) is 87.0 Å². The standard InChI is InChI=1S/C7H14O5/c1-7(4-9,5-10)6(11)12-3-2-8/h8-10H,2-5H2,1H3. The first kappa shape index (κ1) is 11.4. The first-order valence-corrected chi connectivity index (χ1v) is 3.60. The number of hydrogen-bond acceptors (Lipinski definition) is 5. The molecule has 0 unspecified atom stereocenters. The lowest BCUT2D eigenvalue weighted by molar-refractivity contribution is -0.161. The Labute approximate surface area is 70.6 Å². The number of esters is 1. The molecule has 5 heteroatoms. The normalized spacial score (nSPS) is 11.3. The molecule has 3 N–H and O–H groups in total. The zero-order valence-corrected chi connectivity index (χ0v) is 6.99. The summed E-state index contributed by atoms with van der Waals surface area (Å²) in [6, 6.07) is 0. The van der Waals surface area contributed by atoms with Gasteiger partial charge in [-0.1, -0.05) is 0 Å². The van der Waals surface area contributed by atoms with Crippen molar-refractivity contribution in [2.45, 2.75) is 6.92 Å². The van der Waals surface area contributed by atoms with E-state index < -0.39 is 24.6 Å². The first-order valence-electron chi connectivity index (χ1n) is 3.60. The minimum Gasteiger partial charge on any atom is -0.463 e. The summed E-state index contributed by atoms with van der Waals surface area (Å²) in [5.41, 5.74) is -1.27. The fraction of sp³-hybridized carbons (Fsp3) is 0.857. The van der Waals surface area contributed by atoms with Gasteiger partial charge in [-0.15, -0.1) is 0 Å². The van der Waals surface area contributed by atoms with Gasteiger partial charge in [-0.25, -0.2) is 0 Å². The average molecular weight is 178 g/mol. The molecule has 0 amide bonds. The number of ether oxygens (including phenoxy) is 1. The Balaban J connectivity index is 4.03. The van der Waals surface area contributed by atoms with E-state index in [-0.39, 0.29) is 13.2 Å². The number of hydrogen-bond donors (Lipinski definition) is 3. The number of carbonyl (C=O) groups excluding carboxylic acids is 1. The Kier molecular flexibility index (Phi) is 4.80. The van der Waals surface area contributed by atoms with E-state index in [1.807, 2.05) is 0 Å². The number of aliphatic hydroxyl groups is 3. The van der Waals surface area contributed by atoms with Crippen molar-refractivity contribution in [1.29, 1.82) is 0 Å². The van der Waals surface area contributed by atoms with Crippen LogP contribution in [0.3, 0.4) is 0 Å². The van der Waals surface area contributed by atoms with Gasteiger partial charge in [0, 0.05) is 0 Å². The van der Waals surface area contributed by atoms with Crippen molar-refractivity contribution in [2.24, 2.45) is 5.41 Å². The van der Waals surface area contributed by atoms with Gasteiger partial charge >= 0.3 is 5.97 Å². The lowest BCUT2D eigenvalue weighted by atomic mass is 9.93. The van der Waals surface area contributed by atoms with Crippen molar-refractivity contribution in [1.82, 2.24) is 0 Å². The van der Waals surface area contributed by atoms with E-state index in [2.05, 4.69) is 4.74 Å². The molecule has 0 aliphatic carbocycles. The summed E-state index contributed by atoms with van der Waals surface area (Å²) in [7, 11) is 0. The van der Waals surface area contributed by atoms with Gasteiger partial charge in [-0.2, -0.15) is 0 Å². The molecule has 0 aliphatic rings. The molecular weight excluding hydrogens is 164 g/mol. The molecule has 0 rings (SSSR count). The van der Waals surface area contributed by atoms with Crippen LogP contribution in [-0.4, -0.2) is 47.7 Å². The number of aliphatic hydroxyl groups excluding tert-OH is 3. The van der Waals surface area contributed by atoms with Crippen molar-refractivity contribution in [3.8, 4) is 0 Å². The summed E-state index contributed by atoms with van der Waals surface area (Å²) in [5, 5.41) is 25.8. The van der Waals surface area contributed by atoms with Crippen molar-refractivity contribution in [2.75, 3.05) is 26.4 Å². The summed E-state index contributed by atoms with van der Waals surface area (Å²) < 4.78 is 4.53. The highest BCUT2D eigenvalue weighted by molar-refractivity contribution is 5.76. The van der Waals surface area contributed by atoms with Crippen LogP contribution in [-0.2, 0) is 9.53 Å². The summed E-state index contributed by atoms with van der Waals surface area (Å²) in [4.78, 5) is 11.0. The average Bonchev–Trinajstić information content (AvgIpc) is 2.12. The molecule has 0 aliphatic heterocycles. The zero-order chi connectivity index (χ0) is 9.61. The zero-order valence-electron chi connectivity index (χ0n) is 6.99. The molecule has 0 aromatic rings. The van der Waals surface area contributed by atoms with E-state index >= 15 is 0 Å². The maximum Gasteiger partial charge on any atom is 0.316 e. The molecule has 0 saturated carbocycles. The van der Waals surface area contributed by atoms with Crippen LogP contribution >= 0.6 is 0 Å². The van der Waals surface area contributed by atoms with E-state index in [0.717, 1.165) is 0 Å². The molecule has 0 fully saturated rings. The van der Waals surface area contributed by atoms with E-state index in [9.17, 15) is 4.79 Å². The van der Waals surface area contributed by atoms with Crippen molar-refractivity contribution in [3.05, 3.63) is 0 Å². The van der Waals surface area contributed by atoms with Crippen LogP contribution in [0.2, 0.25) is 0 Å². The Morgan fingerprint density at radius 2 is 1.83 bits per heavy atom. The van der Waals surface area contributed by atoms with Crippen LogP contribution in [0.1, 0.15) is 6.92 Å². The van der Waals surface area contributed by atoms with Crippen LogP contribution in [0, 0.1) is 5.41 Å². The van der Waals surface area contributed by atoms with Gasteiger partial charge in [0.05, 0.1) is 19.8 Å². The molecule has 0 atom stereocenters. The number of carbonyl (C=O) groups is 1. The minimum atomic E-state index is -1.27. The SMILES string of the molecule is CC(CO)(CO)C(=O)OCCO. The van der Waals surface area contributed by atoms with Crippen molar-refractivity contribution < 1.29 is 24.9 Å². The molecule has 0 bridgehead atoms. The fourth-order valence-electron chi connectivity index (χ4n) is 0.492. The fourth-order valence-corrected chi connectivity index (χ4v) is 0.492. The van der Waals surface area contributed by atoms with Gasteiger partial charge in [-0.05, 0) is 6.92 Å².